The number of piperazine rings is 1. The van der Waals surface area contributed by atoms with Crippen LogP contribution in [0.15, 0.2) is 0 Å². The second kappa shape index (κ2) is 6.21. The number of carbonyl (C=O) groups is 1. The summed E-state index contributed by atoms with van der Waals surface area (Å²) in [6.45, 7) is 8.42. The lowest BCUT2D eigenvalue weighted by Gasteiger charge is -2.38. The number of rotatable bonds is 5. The van der Waals surface area contributed by atoms with Gasteiger partial charge in [-0.05, 0) is 19.4 Å². The highest BCUT2D eigenvalue weighted by molar-refractivity contribution is 5.67. The molecule has 0 aromatic heterocycles. The van der Waals surface area contributed by atoms with Crippen LogP contribution in [0.4, 0.5) is 0 Å². The molecule has 1 atom stereocenters. The Balaban J connectivity index is 2.50. The van der Waals surface area contributed by atoms with Crippen molar-refractivity contribution < 1.29 is 9.90 Å². The number of aliphatic carboxylic acids is 1. The molecule has 4 nitrogen and oxygen atoms in total. The smallest absolute Gasteiger partial charge is 0.304 e. The number of likely N-dealkylation sites (N-methyl/N-ethyl adjacent to an activating group) is 1. The molecule has 0 aliphatic carbocycles. The minimum absolute atomic E-state index is 0.214. The zero-order valence-electron chi connectivity index (χ0n) is 10.6. The molecule has 94 valence electrons. The standard InChI is InChI=1S/C12H24N2O2/c1-10(2)8-11(9-12(15)16)14-6-4-13(3)5-7-14/h10-11H,4-9H2,1-3H3,(H,15,16). The Morgan fingerprint density at radius 3 is 2.25 bits per heavy atom. The SMILES string of the molecule is CC(C)CC(CC(=O)O)N1CCN(C)CC1. The molecule has 1 heterocycles. The van der Waals surface area contributed by atoms with Gasteiger partial charge in [0, 0.05) is 32.2 Å². The van der Waals surface area contributed by atoms with Gasteiger partial charge in [-0.1, -0.05) is 13.8 Å². The summed E-state index contributed by atoms with van der Waals surface area (Å²) in [5.41, 5.74) is 0. The van der Waals surface area contributed by atoms with E-state index in [0.717, 1.165) is 32.6 Å². The molecule has 1 aliphatic heterocycles. The highest BCUT2D eigenvalue weighted by Crippen LogP contribution is 2.16. The highest BCUT2D eigenvalue weighted by atomic mass is 16.4. The highest BCUT2D eigenvalue weighted by Gasteiger charge is 2.24. The van der Waals surface area contributed by atoms with Crippen molar-refractivity contribution in [3.05, 3.63) is 0 Å². The van der Waals surface area contributed by atoms with Crippen molar-refractivity contribution in [1.29, 1.82) is 0 Å². The van der Waals surface area contributed by atoms with E-state index in [0.29, 0.717) is 5.92 Å². The van der Waals surface area contributed by atoms with Crippen LogP contribution in [0, 0.1) is 5.92 Å². The molecule has 4 heteroatoms. The monoisotopic (exact) mass is 228 g/mol. The summed E-state index contributed by atoms with van der Waals surface area (Å²) in [6.07, 6.45) is 1.26. The van der Waals surface area contributed by atoms with Gasteiger partial charge in [-0.3, -0.25) is 9.69 Å². The van der Waals surface area contributed by atoms with E-state index in [1.807, 2.05) is 0 Å². The van der Waals surface area contributed by atoms with E-state index >= 15 is 0 Å². The summed E-state index contributed by atoms with van der Waals surface area (Å²) in [4.78, 5) is 15.5. The Kier molecular flexibility index (Phi) is 5.22. The fourth-order valence-electron chi connectivity index (χ4n) is 2.29. The normalized spacial score (nSPS) is 21.2. The molecule has 0 spiro atoms. The lowest BCUT2D eigenvalue weighted by atomic mass is 9.99. The molecule has 16 heavy (non-hydrogen) atoms. The Morgan fingerprint density at radius 2 is 1.81 bits per heavy atom. The van der Waals surface area contributed by atoms with Crippen LogP contribution in [0.1, 0.15) is 26.7 Å². The number of carboxylic acid groups (broad SMARTS) is 1. The number of nitrogens with zero attached hydrogens (tertiary/aromatic N) is 2. The van der Waals surface area contributed by atoms with Gasteiger partial charge >= 0.3 is 5.97 Å². The van der Waals surface area contributed by atoms with Crippen molar-refractivity contribution >= 4 is 5.97 Å². The molecule has 0 bridgehead atoms. The molecule has 1 N–H and O–H groups in total. The predicted octanol–water partition coefficient (Wildman–Crippen LogP) is 1.12. The second-order valence-electron chi connectivity index (χ2n) is 5.22. The summed E-state index contributed by atoms with van der Waals surface area (Å²) < 4.78 is 0. The maximum Gasteiger partial charge on any atom is 0.304 e. The zero-order chi connectivity index (χ0) is 12.1. The van der Waals surface area contributed by atoms with Crippen LogP contribution in [0.5, 0.6) is 0 Å². The topological polar surface area (TPSA) is 43.8 Å². The largest absolute Gasteiger partial charge is 0.481 e. The third kappa shape index (κ3) is 4.49. The summed E-state index contributed by atoms with van der Waals surface area (Å²) in [5.74, 6) is -0.117. The average molecular weight is 228 g/mol. The molecule has 1 unspecified atom stereocenters. The molecule has 1 aliphatic rings. The average Bonchev–Trinajstić information content (AvgIpc) is 2.16. The quantitative estimate of drug-likeness (QED) is 0.766. The molecule has 1 saturated heterocycles. The second-order valence-corrected chi connectivity index (χ2v) is 5.22. The maximum absolute atomic E-state index is 10.9. The zero-order valence-corrected chi connectivity index (χ0v) is 10.6. The van der Waals surface area contributed by atoms with Crippen LogP contribution in [0.3, 0.4) is 0 Å². The Bertz CT molecular complexity index is 223. The fourth-order valence-corrected chi connectivity index (χ4v) is 2.29. The lowest BCUT2D eigenvalue weighted by Crippen LogP contribution is -2.49. The van der Waals surface area contributed by atoms with Crippen molar-refractivity contribution in [1.82, 2.24) is 9.80 Å². The summed E-state index contributed by atoms with van der Waals surface area (Å²) in [7, 11) is 2.12. The van der Waals surface area contributed by atoms with E-state index in [9.17, 15) is 4.79 Å². The van der Waals surface area contributed by atoms with E-state index in [2.05, 4.69) is 30.7 Å². The minimum atomic E-state index is -0.676. The summed E-state index contributed by atoms with van der Waals surface area (Å²) in [5, 5.41) is 8.94. The first-order chi connectivity index (χ1) is 7.49. The van der Waals surface area contributed by atoms with Crippen molar-refractivity contribution in [2.24, 2.45) is 5.92 Å². The van der Waals surface area contributed by atoms with Crippen molar-refractivity contribution in [3.8, 4) is 0 Å². The van der Waals surface area contributed by atoms with Crippen LogP contribution in [-0.2, 0) is 4.79 Å². The van der Waals surface area contributed by atoms with Gasteiger partial charge < -0.3 is 10.0 Å². The van der Waals surface area contributed by atoms with Gasteiger partial charge in [-0.15, -0.1) is 0 Å². The molecule has 0 radical (unpaired) electrons. The number of carboxylic acids is 1. The van der Waals surface area contributed by atoms with Gasteiger partial charge in [-0.2, -0.15) is 0 Å². The molecule has 0 saturated carbocycles. The molecular formula is C12H24N2O2. The maximum atomic E-state index is 10.9. The first-order valence-corrected chi connectivity index (χ1v) is 6.13. The van der Waals surface area contributed by atoms with Gasteiger partial charge in [0.05, 0.1) is 6.42 Å². The molecule has 0 aromatic carbocycles. The Morgan fingerprint density at radius 1 is 1.25 bits per heavy atom. The van der Waals surface area contributed by atoms with E-state index < -0.39 is 5.97 Å². The van der Waals surface area contributed by atoms with Crippen LogP contribution >= 0.6 is 0 Å². The van der Waals surface area contributed by atoms with Gasteiger partial charge in [0.1, 0.15) is 0 Å². The molecule has 1 fully saturated rings. The van der Waals surface area contributed by atoms with E-state index in [1.54, 1.807) is 0 Å². The number of hydrogen-bond acceptors (Lipinski definition) is 3. The molecule has 1 rings (SSSR count). The Labute approximate surface area is 98.2 Å². The third-order valence-electron chi connectivity index (χ3n) is 3.21. The summed E-state index contributed by atoms with van der Waals surface area (Å²) in [6, 6.07) is 0.214. The van der Waals surface area contributed by atoms with E-state index in [-0.39, 0.29) is 12.5 Å². The first-order valence-electron chi connectivity index (χ1n) is 6.13. The van der Waals surface area contributed by atoms with Gasteiger partial charge in [0.2, 0.25) is 0 Å². The molecule has 0 amide bonds. The van der Waals surface area contributed by atoms with Gasteiger partial charge in [0.15, 0.2) is 0 Å². The van der Waals surface area contributed by atoms with Crippen LogP contribution in [0.25, 0.3) is 0 Å². The minimum Gasteiger partial charge on any atom is -0.481 e. The van der Waals surface area contributed by atoms with Gasteiger partial charge in [-0.25, -0.2) is 0 Å². The molecule has 0 aromatic rings. The van der Waals surface area contributed by atoms with Crippen LogP contribution in [-0.4, -0.2) is 60.1 Å². The van der Waals surface area contributed by atoms with Crippen molar-refractivity contribution in [2.75, 3.05) is 33.2 Å². The third-order valence-corrected chi connectivity index (χ3v) is 3.21. The lowest BCUT2D eigenvalue weighted by molar-refractivity contribution is -0.138. The summed E-state index contributed by atoms with van der Waals surface area (Å²) >= 11 is 0. The van der Waals surface area contributed by atoms with Crippen LogP contribution < -0.4 is 0 Å². The molecular weight excluding hydrogens is 204 g/mol. The first kappa shape index (κ1) is 13.5. The number of hydrogen-bond donors (Lipinski definition) is 1. The van der Waals surface area contributed by atoms with Gasteiger partial charge in [0.25, 0.3) is 0 Å². The van der Waals surface area contributed by atoms with Crippen LogP contribution in [0.2, 0.25) is 0 Å². The Hall–Kier alpha value is -0.610. The van der Waals surface area contributed by atoms with E-state index in [4.69, 9.17) is 5.11 Å². The van der Waals surface area contributed by atoms with Crippen molar-refractivity contribution in [2.45, 2.75) is 32.7 Å². The van der Waals surface area contributed by atoms with Crippen molar-refractivity contribution in [3.63, 3.8) is 0 Å². The fraction of sp³-hybridized carbons (Fsp3) is 0.917. The van der Waals surface area contributed by atoms with E-state index in [1.165, 1.54) is 0 Å². The predicted molar refractivity (Wildman–Crippen MR) is 64.6 cm³/mol.